The lowest BCUT2D eigenvalue weighted by atomic mass is 9.83. The maximum Gasteiger partial charge on any atom is 0.355 e. The molecule has 1 aromatic heterocycles. The summed E-state index contributed by atoms with van der Waals surface area (Å²) < 4.78 is 12.2. The van der Waals surface area contributed by atoms with Gasteiger partial charge < -0.3 is 15.2 Å². The number of halogens is 2. The first kappa shape index (κ1) is 24.2. The number of ether oxygens (including phenoxy) is 2. The second kappa shape index (κ2) is 9.51. The zero-order chi connectivity index (χ0) is 25.6. The van der Waals surface area contributed by atoms with Crippen molar-refractivity contribution in [3.63, 3.8) is 0 Å². The van der Waals surface area contributed by atoms with E-state index in [1.807, 2.05) is 18.2 Å². The highest BCUT2D eigenvalue weighted by Crippen LogP contribution is 2.44. The molecule has 1 atom stereocenters. The third-order valence-corrected chi connectivity index (χ3v) is 8.07. The molecule has 0 saturated carbocycles. The van der Waals surface area contributed by atoms with Crippen molar-refractivity contribution in [1.82, 2.24) is 0 Å². The third-order valence-electron chi connectivity index (χ3n) is 6.13. The summed E-state index contributed by atoms with van der Waals surface area (Å²) in [5, 5.41) is 11.2. The lowest BCUT2D eigenvalue weighted by Crippen LogP contribution is -2.21. The smallest absolute Gasteiger partial charge is 0.355 e. The normalized spacial score (nSPS) is 14.9. The fourth-order valence-electron chi connectivity index (χ4n) is 4.27. The van der Waals surface area contributed by atoms with E-state index < -0.39 is 11.9 Å². The van der Waals surface area contributed by atoms with Crippen molar-refractivity contribution in [2.75, 3.05) is 0 Å². The Bertz CT molecular complexity index is 1580. The molecule has 5 rings (SSSR count). The summed E-state index contributed by atoms with van der Waals surface area (Å²) in [6.07, 6.45) is 0. The van der Waals surface area contributed by atoms with Crippen LogP contribution in [0.4, 0.5) is 0 Å². The first-order valence-corrected chi connectivity index (χ1v) is 12.8. The number of nitrogens with zero attached hydrogens (tertiary/aromatic N) is 1. The molecule has 1 aliphatic heterocycles. The molecule has 0 bridgehead atoms. The minimum atomic E-state index is -0.602. The molecule has 0 spiro atoms. The van der Waals surface area contributed by atoms with Gasteiger partial charge in [-0.15, -0.1) is 11.3 Å². The molecule has 1 aliphatic rings. The van der Waals surface area contributed by atoms with Crippen LogP contribution in [0.1, 0.15) is 52.0 Å². The predicted octanol–water partition coefficient (Wildman–Crippen LogP) is 7.77. The summed E-state index contributed by atoms with van der Waals surface area (Å²) in [6, 6.07) is 20.7. The number of rotatable bonds is 4. The van der Waals surface area contributed by atoms with Gasteiger partial charge in [-0.25, -0.2) is 4.79 Å². The summed E-state index contributed by atoms with van der Waals surface area (Å²) in [5.41, 5.74) is 9.33. The highest BCUT2D eigenvalue weighted by Gasteiger charge is 2.31. The van der Waals surface area contributed by atoms with Crippen molar-refractivity contribution in [2.45, 2.75) is 25.7 Å². The lowest BCUT2D eigenvalue weighted by molar-refractivity contribution is 0.0740. The standard InChI is InChI=1S/C28H20Cl2N2O3S/c1-14(2)15-6-8-16(9-7-15)23-18-11-10-17(12-21(18)35-27(32)19(23)13-31)34-28(33)26-25(30)24-20(29)4-3-5-22(24)36-26/h3-12,14,23H,32H2,1-2H3. The maximum absolute atomic E-state index is 13.0. The zero-order valence-corrected chi connectivity index (χ0v) is 21.7. The highest BCUT2D eigenvalue weighted by molar-refractivity contribution is 7.21. The second-order valence-electron chi connectivity index (χ2n) is 8.69. The molecule has 0 aliphatic carbocycles. The van der Waals surface area contributed by atoms with Gasteiger partial charge in [-0.3, -0.25) is 0 Å². The van der Waals surface area contributed by atoms with Crippen LogP contribution in [0.15, 0.2) is 72.1 Å². The number of nitrogens with two attached hydrogens (primary N) is 1. The Morgan fingerprint density at radius 2 is 1.89 bits per heavy atom. The van der Waals surface area contributed by atoms with Gasteiger partial charge in [-0.05, 0) is 35.2 Å². The zero-order valence-electron chi connectivity index (χ0n) is 19.3. The van der Waals surface area contributed by atoms with E-state index in [0.29, 0.717) is 27.6 Å². The minimum absolute atomic E-state index is 0.0219. The van der Waals surface area contributed by atoms with Gasteiger partial charge in [0.1, 0.15) is 28.0 Å². The first-order valence-electron chi connectivity index (χ1n) is 11.2. The Balaban J connectivity index is 1.48. The number of thiophene rings is 1. The molecule has 36 heavy (non-hydrogen) atoms. The van der Waals surface area contributed by atoms with Gasteiger partial charge in [0.25, 0.3) is 0 Å². The molecular weight excluding hydrogens is 515 g/mol. The van der Waals surface area contributed by atoms with Crippen LogP contribution >= 0.6 is 34.5 Å². The molecule has 2 heterocycles. The molecule has 5 nitrogen and oxygen atoms in total. The number of fused-ring (bicyclic) bond motifs is 2. The van der Waals surface area contributed by atoms with Crippen LogP contribution in [0.5, 0.6) is 11.5 Å². The number of hydrogen-bond acceptors (Lipinski definition) is 6. The van der Waals surface area contributed by atoms with Crippen LogP contribution in [0.25, 0.3) is 10.1 Å². The monoisotopic (exact) mass is 534 g/mol. The van der Waals surface area contributed by atoms with Crippen molar-refractivity contribution >= 4 is 50.6 Å². The average Bonchev–Trinajstić information content (AvgIpc) is 3.20. The number of hydrogen-bond donors (Lipinski definition) is 1. The van der Waals surface area contributed by atoms with Crippen LogP contribution in [0, 0.1) is 11.3 Å². The van der Waals surface area contributed by atoms with Gasteiger partial charge in [0.2, 0.25) is 5.88 Å². The summed E-state index contributed by atoms with van der Waals surface area (Å²) in [5.74, 6) is 0.0908. The lowest BCUT2D eigenvalue weighted by Gasteiger charge is -2.27. The van der Waals surface area contributed by atoms with Gasteiger partial charge in [-0.1, -0.05) is 73.4 Å². The molecule has 0 fully saturated rings. The van der Waals surface area contributed by atoms with Gasteiger partial charge >= 0.3 is 5.97 Å². The summed E-state index contributed by atoms with van der Waals surface area (Å²) in [4.78, 5) is 13.2. The fourth-order valence-corrected chi connectivity index (χ4v) is 6.09. The van der Waals surface area contributed by atoms with Crippen molar-refractivity contribution in [3.8, 4) is 17.6 Å². The van der Waals surface area contributed by atoms with E-state index in [-0.39, 0.29) is 21.5 Å². The minimum Gasteiger partial charge on any atom is -0.440 e. The van der Waals surface area contributed by atoms with Gasteiger partial charge in [0, 0.05) is 21.7 Å². The second-order valence-corrected chi connectivity index (χ2v) is 10.5. The molecule has 4 aromatic rings. The number of allylic oxidation sites excluding steroid dienone is 1. The molecule has 180 valence electrons. The van der Waals surface area contributed by atoms with Crippen LogP contribution < -0.4 is 15.2 Å². The van der Waals surface area contributed by atoms with Crippen LogP contribution in [0.3, 0.4) is 0 Å². The van der Waals surface area contributed by atoms with Gasteiger partial charge in [0.05, 0.1) is 16.0 Å². The largest absolute Gasteiger partial charge is 0.440 e. The molecule has 0 amide bonds. The summed E-state index contributed by atoms with van der Waals surface area (Å²) >= 11 is 13.9. The molecule has 0 radical (unpaired) electrons. The Morgan fingerprint density at radius 3 is 2.56 bits per heavy atom. The van der Waals surface area contributed by atoms with Gasteiger partial charge in [0.15, 0.2) is 0 Å². The Morgan fingerprint density at radius 1 is 1.14 bits per heavy atom. The molecule has 8 heteroatoms. The highest BCUT2D eigenvalue weighted by atomic mass is 35.5. The van der Waals surface area contributed by atoms with Crippen molar-refractivity contribution in [2.24, 2.45) is 5.73 Å². The van der Waals surface area contributed by atoms with Crippen LogP contribution in [0.2, 0.25) is 10.0 Å². The van der Waals surface area contributed by atoms with Crippen LogP contribution in [-0.4, -0.2) is 5.97 Å². The Labute approximate surface area is 222 Å². The number of benzene rings is 3. The topological polar surface area (TPSA) is 85.3 Å². The fraction of sp³-hybridized carbons (Fsp3) is 0.143. The maximum atomic E-state index is 13.0. The SMILES string of the molecule is CC(C)c1ccc(C2C(C#N)=C(N)Oc3cc(OC(=O)c4sc5cccc(Cl)c5c4Cl)ccc32)cc1. The molecule has 1 unspecified atom stereocenters. The van der Waals surface area contributed by atoms with Crippen LogP contribution in [-0.2, 0) is 0 Å². The van der Waals surface area contributed by atoms with E-state index in [1.165, 1.54) is 16.9 Å². The van der Waals surface area contributed by atoms with E-state index in [4.69, 9.17) is 38.4 Å². The third kappa shape index (κ3) is 4.20. The van der Waals surface area contributed by atoms with Crippen molar-refractivity contribution in [1.29, 1.82) is 5.26 Å². The van der Waals surface area contributed by atoms with Crippen molar-refractivity contribution in [3.05, 3.63) is 104 Å². The predicted molar refractivity (Wildman–Crippen MR) is 143 cm³/mol. The number of esters is 1. The summed E-state index contributed by atoms with van der Waals surface area (Å²) in [6.45, 7) is 4.25. The Hall–Kier alpha value is -3.50. The van der Waals surface area contributed by atoms with E-state index in [0.717, 1.165) is 15.8 Å². The van der Waals surface area contributed by atoms with Crippen molar-refractivity contribution < 1.29 is 14.3 Å². The van der Waals surface area contributed by atoms with E-state index in [1.54, 1.807) is 30.3 Å². The first-order chi connectivity index (χ1) is 17.3. The average molecular weight is 535 g/mol. The van der Waals surface area contributed by atoms with Gasteiger partial charge in [-0.2, -0.15) is 5.26 Å². The molecule has 3 aromatic carbocycles. The van der Waals surface area contributed by atoms with E-state index in [2.05, 4.69) is 32.0 Å². The molecule has 0 saturated heterocycles. The number of carbonyl (C=O) groups is 1. The number of carbonyl (C=O) groups excluding carboxylic acids is 1. The summed E-state index contributed by atoms with van der Waals surface area (Å²) in [7, 11) is 0. The van der Waals surface area contributed by atoms with E-state index in [9.17, 15) is 10.1 Å². The number of nitriles is 1. The quantitative estimate of drug-likeness (QED) is 0.213. The van der Waals surface area contributed by atoms with E-state index >= 15 is 0 Å². The molecule has 2 N–H and O–H groups in total. The molecular formula is C28H20Cl2N2O3S. The Kier molecular flexibility index (Phi) is 6.40.